The highest BCUT2D eigenvalue weighted by atomic mass is 32.2. The zero-order valence-corrected chi connectivity index (χ0v) is 16.2. The van der Waals surface area contributed by atoms with E-state index in [0.29, 0.717) is 0 Å². The Morgan fingerprint density at radius 3 is 2.46 bits per heavy atom. The van der Waals surface area contributed by atoms with Gasteiger partial charge in [0, 0.05) is 6.54 Å². The molecule has 1 aromatic carbocycles. The Hall–Kier alpha value is -2.79. The van der Waals surface area contributed by atoms with Gasteiger partial charge in [-0.2, -0.15) is 4.72 Å². The van der Waals surface area contributed by atoms with E-state index in [1.54, 1.807) is 13.8 Å². The molecule has 28 heavy (non-hydrogen) atoms. The molecular formula is C17H22FN3O6S. The highest BCUT2D eigenvalue weighted by Gasteiger charge is 2.31. The predicted molar refractivity (Wildman–Crippen MR) is 98.0 cm³/mol. The third-order valence-corrected chi connectivity index (χ3v) is 4.81. The molecule has 0 fully saturated rings. The van der Waals surface area contributed by atoms with Gasteiger partial charge >= 0.3 is 12.0 Å². The summed E-state index contributed by atoms with van der Waals surface area (Å²) in [6, 6.07) is 2.51. The number of halogens is 1. The largest absolute Gasteiger partial charge is 0.454 e. The molecule has 1 aromatic rings. The molecule has 3 amide bonds. The van der Waals surface area contributed by atoms with Crippen LogP contribution in [0.15, 0.2) is 41.8 Å². The number of ether oxygens (including phenoxy) is 1. The Kier molecular flexibility index (Phi) is 8.74. The van der Waals surface area contributed by atoms with Crippen LogP contribution < -0.4 is 15.4 Å². The molecule has 3 N–H and O–H groups in total. The van der Waals surface area contributed by atoms with Gasteiger partial charge in [0.15, 0.2) is 6.61 Å². The smallest absolute Gasteiger partial charge is 0.324 e. The van der Waals surface area contributed by atoms with Gasteiger partial charge in [0.1, 0.15) is 16.8 Å². The molecule has 11 heteroatoms. The monoisotopic (exact) mass is 415 g/mol. The Labute approximate surface area is 162 Å². The van der Waals surface area contributed by atoms with Crippen LogP contribution in [-0.2, 0) is 24.3 Å². The Balaban J connectivity index is 2.74. The van der Waals surface area contributed by atoms with Crippen LogP contribution in [0.2, 0.25) is 0 Å². The number of hydrogen-bond donors (Lipinski definition) is 3. The summed E-state index contributed by atoms with van der Waals surface area (Å²) >= 11 is 0. The first kappa shape index (κ1) is 23.2. The molecule has 0 aliphatic rings. The highest BCUT2D eigenvalue weighted by Crippen LogP contribution is 2.16. The average molecular weight is 415 g/mol. The fraction of sp³-hybridized carbons (Fsp3) is 0.353. The fourth-order valence-corrected chi connectivity index (χ4v) is 3.36. The average Bonchev–Trinajstić information content (AvgIpc) is 2.62. The van der Waals surface area contributed by atoms with Crippen LogP contribution in [0, 0.1) is 11.7 Å². The van der Waals surface area contributed by atoms with Gasteiger partial charge in [-0.05, 0) is 18.1 Å². The second-order valence-corrected chi connectivity index (χ2v) is 7.61. The summed E-state index contributed by atoms with van der Waals surface area (Å²) in [7, 11) is -4.35. The number of urea groups is 1. The third-order valence-electron chi connectivity index (χ3n) is 3.33. The maximum Gasteiger partial charge on any atom is 0.324 e. The van der Waals surface area contributed by atoms with Crippen LogP contribution in [0.4, 0.5) is 9.18 Å². The Morgan fingerprint density at radius 2 is 1.89 bits per heavy atom. The number of carbonyl (C=O) groups excluding carboxylic acids is 3. The molecule has 0 aromatic heterocycles. The molecule has 1 unspecified atom stereocenters. The number of imide groups is 1. The van der Waals surface area contributed by atoms with Crippen LogP contribution in [0.3, 0.4) is 0 Å². The molecule has 9 nitrogen and oxygen atoms in total. The van der Waals surface area contributed by atoms with Gasteiger partial charge in [0.2, 0.25) is 10.0 Å². The van der Waals surface area contributed by atoms with Crippen LogP contribution in [-0.4, -0.2) is 45.5 Å². The van der Waals surface area contributed by atoms with E-state index in [1.165, 1.54) is 18.2 Å². The van der Waals surface area contributed by atoms with E-state index in [9.17, 15) is 27.2 Å². The number of benzene rings is 1. The number of sulfonamides is 1. The van der Waals surface area contributed by atoms with E-state index in [1.807, 2.05) is 5.32 Å². The summed E-state index contributed by atoms with van der Waals surface area (Å²) < 4.78 is 45.3. The van der Waals surface area contributed by atoms with Crippen LogP contribution in [0.1, 0.15) is 13.8 Å². The van der Waals surface area contributed by atoms with Gasteiger partial charge in [-0.3, -0.25) is 14.9 Å². The van der Waals surface area contributed by atoms with Gasteiger partial charge < -0.3 is 10.1 Å². The zero-order chi connectivity index (χ0) is 21.3. The van der Waals surface area contributed by atoms with Gasteiger partial charge in [-0.1, -0.05) is 32.1 Å². The number of esters is 1. The standard InChI is InChI=1S/C17H22FN3O6S/c1-4-9-19-17(24)20-14(22)10-27-16(23)15(11(2)3)21-28(25,26)13-8-6-5-7-12(13)18/h4-8,11,15,21H,1,9-10H2,2-3H3,(H2,19,20,22,24). The van der Waals surface area contributed by atoms with Crippen molar-refractivity contribution >= 4 is 27.9 Å². The maximum absolute atomic E-state index is 13.8. The van der Waals surface area contributed by atoms with E-state index in [-0.39, 0.29) is 6.54 Å². The molecule has 0 spiro atoms. The predicted octanol–water partition coefficient (Wildman–Crippen LogP) is 0.684. The Morgan fingerprint density at radius 1 is 1.25 bits per heavy atom. The van der Waals surface area contributed by atoms with Crippen molar-refractivity contribution in [2.75, 3.05) is 13.2 Å². The summed E-state index contributed by atoms with van der Waals surface area (Å²) in [6.45, 7) is 5.80. The minimum Gasteiger partial charge on any atom is -0.454 e. The second-order valence-electron chi connectivity index (χ2n) is 5.93. The van der Waals surface area contributed by atoms with Crippen LogP contribution >= 0.6 is 0 Å². The SMILES string of the molecule is C=CCNC(=O)NC(=O)COC(=O)C(NS(=O)(=O)c1ccccc1F)C(C)C. The van der Waals surface area contributed by atoms with Crippen molar-refractivity contribution in [1.29, 1.82) is 0 Å². The quantitative estimate of drug-likeness (QED) is 0.402. The number of rotatable bonds is 9. The number of carbonyl (C=O) groups is 3. The van der Waals surface area contributed by atoms with Crippen molar-refractivity contribution in [3.8, 4) is 0 Å². The molecule has 0 aliphatic carbocycles. The Bertz CT molecular complexity index is 841. The second kappa shape index (κ2) is 10.5. The minimum absolute atomic E-state index is 0.131. The summed E-state index contributed by atoms with van der Waals surface area (Å²) in [4.78, 5) is 34.5. The van der Waals surface area contributed by atoms with Crippen molar-refractivity contribution in [1.82, 2.24) is 15.4 Å². The van der Waals surface area contributed by atoms with E-state index in [0.717, 1.165) is 12.1 Å². The topological polar surface area (TPSA) is 131 Å². The summed E-state index contributed by atoms with van der Waals surface area (Å²) in [5.74, 6) is -3.49. The molecule has 1 rings (SSSR count). The molecule has 0 radical (unpaired) electrons. The van der Waals surface area contributed by atoms with E-state index < -0.39 is 57.2 Å². The maximum atomic E-state index is 13.8. The summed E-state index contributed by atoms with van der Waals surface area (Å²) in [5.41, 5.74) is 0. The van der Waals surface area contributed by atoms with Crippen molar-refractivity contribution in [2.24, 2.45) is 5.92 Å². The number of nitrogens with one attached hydrogen (secondary N) is 3. The van der Waals surface area contributed by atoms with Crippen molar-refractivity contribution in [3.63, 3.8) is 0 Å². The summed E-state index contributed by atoms with van der Waals surface area (Å²) in [5, 5.41) is 4.21. The molecule has 154 valence electrons. The van der Waals surface area contributed by atoms with Crippen molar-refractivity contribution in [2.45, 2.75) is 24.8 Å². The first-order chi connectivity index (χ1) is 13.1. The molecule has 0 saturated heterocycles. The molecule has 0 aliphatic heterocycles. The van der Waals surface area contributed by atoms with Crippen LogP contribution in [0.25, 0.3) is 0 Å². The van der Waals surface area contributed by atoms with Gasteiger partial charge in [-0.15, -0.1) is 6.58 Å². The van der Waals surface area contributed by atoms with E-state index in [4.69, 9.17) is 4.74 Å². The lowest BCUT2D eigenvalue weighted by atomic mass is 10.1. The van der Waals surface area contributed by atoms with Gasteiger partial charge in [0.25, 0.3) is 5.91 Å². The number of amides is 3. The third kappa shape index (κ3) is 7.08. The molecular weight excluding hydrogens is 393 g/mol. The molecule has 1 atom stereocenters. The van der Waals surface area contributed by atoms with Crippen LogP contribution in [0.5, 0.6) is 0 Å². The molecule has 0 bridgehead atoms. The normalized spacial score (nSPS) is 12.1. The fourth-order valence-electron chi connectivity index (χ4n) is 1.95. The van der Waals surface area contributed by atoms with Gasteiger partial charge in [-0.25, -0.2) is 17.6 Å². The lowest BCUT2D eigenvalue weighted by molar-refractivity contribution is -0.150. The number of hydrogen-bond acceptors (Lipinski definition) is 6. The first-order valence-electron chi connectivity index (χ1n) is 8.20. The first-order valence-corrected chi connectivity index (χ1v) is 9.69. The van der Waals surface area contributed by atoms with Gasteiger partial charge in [0.05, 0.1) is 0 Å². The molecule has 0 saturated carbocycles. The lowest BCUT2D eigenvalue weighted by Crippen LogP contribution is -2.47. The zero-order valence-electron chi connectivity index (χ0n) is 15.4. The van der Waals surface area contributed by atoms with Crippen molar-refractivity contribution in [3.05, 3.63) is 42.7 Å². The summed E-state index contributed by atoms with van der Waals surface area (Å²) in [6.07, 6.45) is 1.40. The van der Waals surface area contributed by atoms with Crippen molar-refractivity contribution < 1.29 is 31.9 Å². The van der Waals surface area contributed by atoms with E-state index in [2.05, 4.69) is 16.6 Å². The lowest BCUT2D eigenvalue weighted by Gasteiger charge is -2.20. The minimum atomic E-state index is -4.35. The highest BCUT2D eigenvalue weighted by molar-refractivity contribution is 7.89. The van der Waals surface area contributed by atoms with E-state index >= 15 is 0 Å². The molecule has 0 heterocycles.